The summed E-state index contributed by atoms with van der Waals surface area (Å²) in [6, 6.07) is 4.55. The summed E-state index contributed by atoms with van der Waals surface area (Å²) in [5.74, 6) is 0.220. The second kappa shape index (κ2) is 7.17. The molecule has 0 atom stereocenters. The number of aromatic hydroxyl groups is 2. The standard InChI is InChI=1S/C15H22N2O4/c1-2-3-4-7-16-15(20)21-17-9-11(10-17)13-6-5-12(18)8-14(13)19/h5-6,8,11,18-19H,2-4,7,9-10H2,1H3,(H,16,20). The molecule has 1 aliphatic heterocycles. The number of hydroxylamine groups is 2. The van der Waals surface area contributed by atoms with Gasteiger partial charge in [-0.15, -0.1) is 5.06 Å². The molecule has 1 aromatic carbocycles. The van der Waals surface area contributed by atoms with Crippen LogP contribution >= 0.6 is 0 Å². The van der Waals surface area contributed by atoms with Crippen molar-refractivity contribution < 1.29 is 19.8 Å². The fourth-order valence-corrected chi connectivity index (χ4v) is 2.30. The van der Waals surface area contributed by atoms with E-state index < -0.39 is 6.09 Å². The molecule has 0 aliphatic carbocycles. The van der Waals surface area contributed by atoms with Gasteiger partial charge in [0.15, 0.2) is 0 Å². The fraction of sp³-hybridized carbons (Fsp3) is 0.533. The number of hydrogen-bond acceptors (Lipinski definition) is 5. The second-order valence-corrected chi connectivity index (χ2v) is 5.30. The van der Waals surface area contributed by atoms with Crippen LogP contribution in [0.4, 0.5) is 4.79 Å². The maximum Gasteiger partial charge on any atom is 0.426 e. The molecule has 3 N–H and O–H groups in total. The minimum Gasteiger partial charge on any atom is -0.508 e. The zero-order valence-corrected chi connectivity index (χ0v) is 12.2. The van der Waals surface area contributed by atoms with Crippen molar-refractivity contribution in [3.63, 3.8) is 0 Å². The minimum atomic E-state index is -0.431. The Morgan fingerprint density at radius 3 is 2.81 bits per heavy atom. The number of phenols is 2. The van der Waals surface area contributed by atoms with Crippen LogP contribution in [0.2, 0.25) is 0 Å². The van der Waals surface area contributed by atoms with Gasteiger partial charge in [0.1, 0.15) is 11.5 Å². The molecular formula is C15H22N2O4. The molecule has 1 saturated heterocycles. The van der Waals surface area contributed by atoms with E-state index in [4.69, 9.17) is 4.84 Å². The van der Waals surface area contributed by atoms with E-state index in [0.29, 0.717) is 19.6 Å². The average Bonchev–Trinajstić information content (AvgIpc) is 2.40. The van der Waals surface area contributed by atoms with E-state index in [1.807, 2.05) is 0 Å². The first-order valence-electron chi connectivity index (χ1n) is 7.32. The summed E-state index contributed by atoms with van der Waals surface area (Å²) in [6.45, 7) is 3.82. The van der Waals surface area contributed by atoms with Crippen LogP contribution in [0.25, 0.3) is 0 Å². The second-order valence-electron chi connectivity index (χ2n) is 5.30. The molecule has 116 valence electrons. The van der Waals surface area contributed by atoms with Crippen LogP contribution in [0.15, 0.2) is 18.2 Å². The van der Waals surface area contributed by atoms with Crippen molar-refractivity contribution in [3.8, 4) is 11.5 Å². The molecule has 0 unspecified atom stereocenters. The number of nitrogens with zero attached hydrogens (tertiary/aromatic N) is 1. The third kappa shape index (κ3) is 4.26. The first kappa shape index (κ1) is 15.4. The van der Waals surface area contributed by atoms with Gasteiger partial charge in [0.25, 0.3) is 0 Å². The van der Waals surface area contributed by atoms with Crippen molar-refractivity contribution in [2.24, 2.45) is 0 Å². The van der Waals surface area contributed by atoms with E-state index in [1.54, 1.807) is 17.2 Å². The van der Waals surface area contributed by atoms with E-state index in [9.17, 15) is 15.0 Å². The summed E-state index contributed by atoms with van der Waals surface area (Å²) < 4.78 is 0. The predicted octanol–water partition coefficient (Wildman–Crippen LogP) is 2.33. The summed E-state index contributed by atoms with van der Waals surface area (Å²) in [5.41, 5.74) is 0.760. The van der Waals surface area contributed by atoms with E-state index in [2.05, 4.69) is 12.2 Å². The Morgan fingerprint density at radius 1 is 1.38 bits per heavy atom. The molecule has 2 rings (SSSR count). The molecule has 6 heteroatoms. The minimum absolute atomic E-state index is 0.0372. The van der Waals surface area contributed by atoms with E-state index in [1.165, 1.54) is 6.07 Å². The van der Waals surface area contributed by atoms with Crippen LogP contribution in [0.5, 0.6) is 11.5 Å². The molecule has 0 bridgehead atoms. The van der Waals surface area contributed by atoms with Gasteiger partial charge in [0.05, 0.1) is 0 Å². The molecular weight excluding hydrogens is 272 g/mol. The summed E-state index contributed by atoms with van der Waals surface area (Å²) in [7, 11) is 0. The molecule has 6 nitrogen and oxygen atoms in total. The lowest BCUT2D eigenvalue weighted by molar-refractivity contribution is -0.152. The number of phenolic OH excluding ortho intramolecular Hbond substituents is 2. The Labute approximate surface area is 124 Å². The van der Waals surface area contributed by atoms with Gasteiger partial charge in [-0.2, -0.15) is 0 Å². The maximum absolute atomic E-state index is 11.5. The Kier molecular flexibility index (Phi) is 5.27. The highest BCUT2D eigenvalue weighted by Gasteiger charge is 2.32. The van der Waals surface area contributed by atoms with Crippen LogP contribution in [-0.2, 0) is 4.84 Å². The number of nitrogens with one attached hydrogen (secondary N) is 1. The molecule has 0 aromatic heterocycles. The molecule has 21 heavy (non-hydrogen) atoms. The van der Waals surface area contributed by atoms with Crippen LogP contribution in [0.3, 0.4) is 0 Å². The van der Waals surface area contributed by atoms with Gasteiger partial charge in [-0.1, -0.05) is 25.8 Å². The van der Waals surface area contributed by atoms with Crippen LogP contribution in [0.1, 0.15) is 37.7 Å². The topological polar surface area (TPSA) is 82.0 Å². The normalized spacial score (nSPS) is 15.5. The number of amides is 1. The average molecular weight is 294 g/mol. The van der Waals surface area contributed by atoms with E-state index >= 15 is 0 Å². The van der Waals surface area contributed by atoms with Crippen molar-refractivity contribution in [3.05, 3.63) is 23.8 Å². The first-order chi connectivity index (χ1) is 10.1. The summed E-state index contributed by atoms with van der Waals surface area (Å²) in [5, 5.41) is 23.3. The molecule has 1 amide bonds. The number of rotatable bonds is 6. The van der Waals surface area contributed by atoms with Gasteiger partial charge in [-0.05, 0) is 12.5 Å². The van der Waals surface area contributed by atoms with Gasteiger partial charge in [0.2, 0.25) is 0 Å². The third-order valence-electron chi connectivity index (χ3n) is 3.56. The Hall–Kier alpha value is -1.95. The van der Waals surface area contributed by atoms with Gasteiger partial charge >= 0.3 is 6.09 Å². The molecule has 1 aromatic rings. The molecule has 1 aliphatic rings. The van der Waals surface area contributed by atoms with Gasteiger partial charge in [0, 0.05) is 37.2 Å². The number of carbonyl (C=O) groups excluding carboxylic acids is 1. The summed E-state index contributed by atoms with van der Waals surface area (Å²) in [6.07, 6.45) is 2.72. The predicted molar refractivity (Wildman–Crippen MR) is 78.1 cm³/mol. The zero-order chi connectivity index (χ0) is 15.2. The summed E-state index contributed by atoms with van der Waals surface area (Å²) in [4.78, 5) is 16.6. The third-order valence-corrected chi connectivity index (χ3v) is 3.56. The SMILES string of the molecule is CCCCCNC(=O)ON1CC(c2ccc(O)cc2O)C1. The van der Waals surface area contributed by atoms with E-state index in [-0.39, 0.29) is 17.4 Å². The first-order valence-corrected chi connectivity index (χ1v) is 7.32. The van der Waals surface area contributed by atoms with E-state index in [0.717, 1.165) is 24.8 Å². The highest BCUT2D eigenvalue weighted by atomic mass is 16.7. The molecule has 0 radical (unpaired) electrons. The van der Waals surface area contributed by atoms with Gasteiger partial charge < -0.3 is 20.4 Å². The Bertz CT molecular complexity index is 487. The largest absolute Gasteiger partial charge is 0.508 e. The highest BCUT2D eigenvalue weighted by Crippen LogP contribution is 2.34. The Morgan fingerprint density at radius 2 is 2.14 bits per heavy atom. The monoisotopic (exact) mass is 294 g/mol. The van der Waals surface area contributed by atoms with Crippen molar-refractivity contribution in [2.75, 3.05) is 19.6 Å². The van der Waals surface area contributed by atoms with Crippen LogP contribution in [-0.4, -0.2) is 41.0 Å². The lowest BCUT2D eigenvalue weighted by Gasteiger charge is -2.37. The van der Waals surface area contributed by atoms with Gasteiger partial charge in [-0.25, -0.2) is 4.79 Å². The van der Waals surface area contributed by atoms with Crippen LogP contribution in [0, 0.1) is 0 Å². The van der Waals surface area contributed by atoms with Crippen LogP contribution < -0.4 is 5.32 Å². The molecule has 0 saturated carbocycles. The fourth-order valence-electron chi connectivity index (χ4n) is 2.30. The summed E-state index contributed by atoms with van der Waals surface area (Å²) >= 11 is 0. The quantitative estimate of drug-likeness (QED) is 0.701. The lowest BCUT2D eigenvalue weighted by atomic mass is 9.92. The number of unbranched alkanes of at least 4 members (excludes halogenated alkanes) is 2. The molecule has 1 fully saturated rings. The van der Waals surface area contributed by atoms with Crippen molar-refractivity contribution in [1.82, 2.24) is 10.4 Å². The molecule has 0 spiro atoms. The Balaban J connectivity index is 1.70. The van der Waals surface area contributed by atoms with Crippen molar-refractivity contribution in [1.29, 1.82) is 0 Å². The number of benzene rings is 1. The number of carbonyl (C=O) groups is 1. The van der Waals surface area contributed by atoms with Crippen molar-refractivity contribution >= 4 is 6.09 Å². The van der Waals surface area contributed by atoms with Gasteiger partial charge in [-0.3, -0.25) is 0 Å². The maximum atomic E-state index is 11.5. The smallest absolute Gasteiger partial charge is 0.426 e. The highest BCUT2D eigenvalue weighted by molar-refractivity contribution is 5.66. The number of hydrogen-bond donors (Lipinski definition) is 3. The zero-order valence-electron chi connectivity index (χ0n) is 12.2. The van der Waals surface area contributed by atoms with Crippen molar-refractivity contribution in [2.45, 2.75) is 32.1 Å². The molecule has 1 heterocycles. The lowest BCUT2D eigenvalue weighted by Crippen LogP contribution is -2.47.